The molecule has 1 aromatic rings. The molecule has 0 unspecified atom stereocenters. The highest BCUT2D eigenvalue weighted by atomic mass is 16.5. The zero-order valence-electron chi connectivity index (χ0n) is 10.4. The van der Waals surface area contributed by atoms with Crippen LogP contribution in [0.2, 0.25) is 0 Å². The van der Waals surface area contributed by atoms with Crippen LogP contribution in [0.5, 0.6) is 0 Å². The van der Waals surface area contributed by atoms with Crippen molar-refractivity contribution in [2.45, 2.75) is 18.4 Å². The van der Waals surface area contributed by atoms with E-state index in [1.54, 1.807) is 0 Å². The van der Waals surface area contributed by atoms with Gasteiger partial charge in [-0.15, -0.1) is 0 Å². The van der Waals surface area contributed by atoms with Crippen molar-refractivity contribution in [3.63, 3.8) is 0 Å². The number of nitrogens with one attached hydrogen (secondary N) is 1. The Bertz CT molecular complexity index is 499. The minimum absolute atomic E-state index is 0.0501. The molecule has 1 aromatic carbocycles. The fourth-order valence-corrected chi connectivity index (χ4v) is 2.27. The van der Waals surface area contributed by atoms with Crippen LogP contribution in [-0.4, -0.2) is 29.3 Å². The SMILES string of the molecule is C=CCOC(=O)NC1(C(=O)O)Cc2ccccc2C1. The summed E-state index contributed by atoms with van der Waals surface area (Å²) in [7, 11) is 0. The molecule has 0 spiro atoms. The van der Waals surface area contributed by atoms with Crippen LogP contribution in [0.25, 0.3) is 0 Å². The Morgan fingerprint density at radius 1 is 1.37 bits per heavy atom. The second-order valence-electron chi connectivity index (χ2n) is 4.52. The van der Waals surface area contributed by atoms with Gasteiger partial charge in [0.05, 0.1) is 0 Å². The molecule has 1 amide bonds. The molecule has 5 nitrogen and oxygen atoms in total. The summed E-state index contributed by atoms with van der Waals surface area (Å²) in [5.41, 5.74) is 0.560. The predicted octanol–water partition coefficient (Wildman–Crippen LogP) is 1.52. The number of carbonyl (C=O) groups is 2. The van der Waals surface area contributed by atoms with Gasteiger partial charge in [0.1, 0.15) is 12.1 Å². The first-order chi connectivity index (χ1) is 9.07. The monoisotopic (exact) mass is 261 g/mol. The van der Waals surface area contributed by atoms with E-state index in [1.165, 1.54) is 6.08 Å². The van der Waals surface area contributed by atoms with Crippen LogP contribution in [-0.2, 0) is 22.4 Å². The van der Waals surface area contributed by atoms with Gasteiger partial charge in [0.2, 0.25) is 0 Å². The normalized spacial score (nSPS) is 15.4. The van der Waals surface area contributed by atoms with E-state index >= 15 is 0 Å². The largest absolute Gasteiger partial charge is 0.479 e. The summed E-state index contributed by atoms with van der Waals surface area (Å²) in [6.07, 6.45) is 1.22. The molecule has 0 bridgehead atoms. The average molecular weight is 261 g/mol. The number of amides is 1. The summed E-state index contributed by atoms with van der Waals surface area (Å²) in [6.45, 7) is 3.48. The molecule has 2 N–H and O–H groups in total. The first kappa shape index (κ1) is 13.1. The van der Waals surface area contributed by atoms with Gasteiger partial charge in [-0.05, 0) is 11.1 Å². The van der Waals surface area contributed by atoms with Gasteiger partial charge in [-0.25, -0.2) is 9.59 Å². The Labute approximate surface area is 110 Å². The Morgan fingerprint density at radius 3 is 2.42 bits per heavy atom. The standard InChI is InChI=1S/C14H15NO4/c1-2-7-19-13(18)15-14(12(16)17)8-10-5-3-4-6-11(10)9-14/h2-6H,1,7-9H2,(H,15,18)(H,16,17). The molecule has 1 aliphatic carbocycles. The van der Waals surface area contributed by atoms with E-state index in [0.717, 1.165) is 11.1 Å². The number of carboxylic acids is 1. The summed E-state index contributed by atoms with van der Waals surface area (Å²) in [5.74, 6) is -1.06. The quantitative estimate of drug-likeness (QED) is 0.806. The Morgan fingerprint density at radius 2 is 1.95 bits per heavy atom. The van der Waals surface area contributed by atoms with Crippen molar-refractivity contribution in [2.75, 3.05) is 6.61 Å². The smallest absolute Gasteiger partial charge is 0.408 e. The number of rotatable bonds is 4. The van der Waals surface area contributed by atoms with Gasteiger partial charge in [0.15, 0.2) is 0 Å². The molecular weight excluding hydrogens is 246 g/mol. The molecule has 0 aromatic heterocycles. The van der Waals surface area contributed by atoms with E-state index in [-0.39, 0.29) is 19.4 Å². The lowest BCUT2D eigenvalue weighted by Crippen LogP contribution is -2.55. The third-order valence-corrected chi connectivity index (χ3v) is 3.19. The van der Waals surface area contributed by atoms with Crippen LogP contribution in [0.4, 0.5) is 4.79 Å². The molecule has 0 radical (unpaired) electrons. The molecule has 19 heavy (non-hydrogen) atoms. The summed E-state index contributed by atoms with van der Waals surface area (Å²) in [6, 6.07) is 7.45. The van der Waals surface area contributed by atoms with Crippen LogP contribution in [0.1, 0.15) is 11.1 Å². The van der Waals surface area contributed by atoms with Crippen LogP contribution < -0.4 is 5.32 Å². The predicted molar refractivity (Wildman–Crippen MR) is 68.9 cm³/mol. The summed E-state index contributed by atoms with van der Waals surface area (Å²) >= 11 is 0. The number of carboxylic acid groups (broad SMARTS) is 1. The van der Waals surface area contributed by atoms with Gasteiger partial charge < -0.3 is 15.2 Å². The molecular formula is C14H15NO4. The van der Waals surface area contributed by atoms with Crippen molar-refractivity contribution in [2.24, 2.45) is 0 Å². The van der Waals surface area contributed by atoms with Crippen LogP contribution in [0.15, 0.2) is 36.9 Å². The molecule has 0 heterocycles. The molecule has 0 fully saturated rings. The third kappa shape index (κ3) is 2.59. The lowest BCUT2D eigenvalue weighted by Gasteiger charge is -2.24. The molecule has 0 saturated carbocycles. The minimum Gasteiger partial charge on any atom is -0.479 e. The average Bonchev–Trinajstić information content (AvgIpc) is 2.75. The number of aliphatic carboxylic acids is 1. The van der Waals surface area contributed by atoms with Gasteiger partial charge in [0, 0.05) is 12.8 Å². The van der Waals surface area contributed by atoms with E-state index in [0.29, 0.717) is 0 Å². The van der Waals surface area contributed by atoms with E-state index in [4.69, 9.17) is 4.74 Å². The maximum atomic E-state index is 11.6. The van der Waals surface area contributed by atoms with Crippen molar-refractivity contribution in [1.29, 1.82) is 0 Å². The van der Waals surface area contributed by atoms with E-state index in [9.17, 15) is 14.7 Å². The molecule has 100 valence electrons. The van der Waals surface area contributed by atoms with E-state index < -0.39 is 17.6 Å². The van der Waals surface area contributed by atoms with Gasteiger partial charge in [-0.3, -0.25) is 0 Å². The van der Waals surface area contributed by atoms with Gasteiger partial charge in [0.25, 0.3) is 0 Å². The molecule has 0 aliphatic heterocycles. The molecule has 2 rings (SSSR count). The first-order valence-corrected chi connectivity index (χ1v) is 5.93. The Kier molecular flexibility index (Phi) is 3.55. The van der Waals surface area contributed by atoms with Crippen molar-refractivity contribution < 1.29 is 19.4 Å². The van der Waals surface area contributed by atoms with Crippen molar-refractivity contribution in [1.82, 2.24) is 5.32 Å². The first-order valence-electron chi connectivity index (χ1n) is 5.93. The number of fused-ring (bicyclic) bond motifs is 1. The fourth-order valence-electron chi connectivity index (χ4n) is 2.27. The zero-order valence-corrected chi connectivity index (χ0v) is 10.4. The number of benzene rings is 1. The molecule has 0 saturated heterocycles. The third-order valence-electron chi connectivity index (χ3n) is 3.19. The van der Waals surface area contributed by atoms with Gasteiger partial charge >= 0.3 is 12.1 Å². The summed E-state index contributed by atoms with van der Waals surface area (Å²) < 4.78 is 4.80. The van der Waals surface area contributed by atoms with Crippen LogP contribution in [0.3, 0.4) is 0 Å². The van der Waals surface area contributed by atoms with E-state index in [2.05, 4.69) is 11.9 Å². The minimum atomic E-state index is -1.32. The highest BCUT2D eigenvalue weighted by molar-refractivity contribution is 5.86. The zero-order chi connectivity index (χ0) is 13.9. The number of hydrogen-bond acceptors (Lipinski definition) is 3. The Hall–Kier alpha value is -2.30. The fraction of sp³-hybridized carbons (Fsp3) is 0.286. The maximum Gasteiger partial charge on any atom is 0.408 e. The van der Waals surface area contributed by atoms with Crippen molar-refractivity contribution in [3.8, 4) is 0 Å². The number of alkyl carbamates (subject to hydrolysis) is 1. The highest BCUT2D eigenvalue weighted by Crippen LogP contribution is 2.30. The number of carbonyl (C=O) groups excluding carboxylic acids is 1. The lowest BCUT2D eigenvalue weighted by atomic mass is 9.96. The number of ether oxygens (including phenoxy) is 1. The second-order valence-corrected chi connectivity index (χ2v) is 4.52. The molecule has 1 aliphatic rings. The van der Waals surface area contributed by atoms with Crippen molar-refractivity contribution in [3.05, 3.63) is 48.0 Å². The maximum absolute atomic E-state index is 11.6. The summed E-state index contributed by atoms with van der Waals surface area (Å²) in [5, 5.41) is 11.9. The Balaban J connectivity index is 2.16. The molecule has 0 atom stereocenters. The topological polar surface area (TPSA) is 75.6 Å². The van der Waals surface area contributed by atoms with Gasteiger partial charge in [-0.1, -0.05) is 36.9 Å². The number of hydrogen-bond donors (Lipinski definition) is 2. The van der Waals surface area contributed by atoms with Crippen molar-refractivity contribution >= 4 is 12.1 Å². The lowest BCUT2D eigenvalue weighted by molar-refractivity contribution is -0.144. The second kappa shape index (κ2) is 5.14. The van der Waals surface area contributed by atoms with Crippen LogP contribution >= 0.6 is 0 Å². The molecule has 5 heteroatoms. The summed E-state index contributed by atoms with van der Waals surface area (Å²) in [4.78, 5) is 23.1. The van der Waals surface area contributed by atoms with Crippen LogP contribution in [0, 0.1) is 0 Å². The highest BCUT2D eigenvalue weighted by Gasteiger charge is 2.45. The van der Waals surface area contributed by atoms with Gasteiger partial charge in [-0.2, -0.15) is 0 Å². The van der Waals surface area contributed by atoms with E-state index in [1.807, 2.05) is 24.3 Å².